The molecule has 1 N–H and O–H groups in total. The molecule has 1 rings (SSSR count). The number of nitrogens with one attached hydrogen (secondary N) is 1. The monoisotopic (exact) mass is 243 g/mol. The van der Waals surface area contributed by atoms with Crippen molar-refractivity contribution in [3.63, 3.8) is 0 Å². The minimum atomic E-state index is -0.473. The Balaban J connectivity index is 2.53. The summed E-state index contributed by atoms with van der Waals surface area (Å²) in [5, 5.41) is 3.12. The molecule has 0 aliphatic rings. The number of rotatable bonds is 6. The summed E-state index contributed by atoms with van der Waals surface area (Å²) in [6.07, 6.45) is 0.642. The van der Waals surface area contributed by atoms with Gasteiger partial charge in [-0.25, -0.2) is 4.39 Å². The highest BCUT2D eigenvalue weighted by Crippen LogP contribution is 2.20. The van der Waals surface area contributed by atoms with Gasteiger partial charge in [-0.05, 0) is 18.2 Å². The highest BCUT2D eigenvalue weighted by atomic mass is 35.5. The molecule has 16 heavy (non-hydrogen) atoms. The van der Waals surface area contributed by atoms with Gasteiger partial charge in [0.05, 0.1) is 5.02 Å². The van der Waals surface area contributed by atoms with Crippen LogP contribution in [-0.4, -0.2) is 18.9 Å². The Morgan fingerprint density at radius 2 is 2.25 bits per heavy atom. The van der Waals surface area contributed by atoms with Crippen LogP contribution in [0, 0.1) is 5.82 Å². The van der Waals surface area contributed by atoms with Crippen molar-refractivity contribution in [2.24, 2.45) is 0 Å². The third kappa shape index (κ3) is 3.91. The highest BCUT2D eigenvalue weighted by Gasteiger charge is 2.09. The summed E-state index contributed by atoms with van der Waals surface area (Å²) in [6.45, 7) is 3.48. The fourth-order valence-corrected chi connectivity index (χ4v) is 1.58. The summed E-state index contributed by atoms with van der Waals surface area (Å²) in [5.41, 5.74) is 0.558. The number of ketones is 1. The van der Waals surface area contributed by atoms with Crippen molar-refractivity contribution >= 4 is 17.4 Å². The first-order valence-electron chi connectivity index (χ1n) is 5.30. The quantitative estimate of drug-likeness (QED) is 0.779. The molecule has 0 aliphatic carbocycles. The standard InChI is InChI=1S/C12H15ClFNO/c1-2-15-7-6-10(16)8-9-4-3-5-11(14)12(9)13/h3-5,15H,2,6-8H2,1H3. The number of benzene rings is 1. The molecule has 0 radical (unpaired) electrons. The van der Waals surface area contributed by atoms with Gasteiger partial charge in [0.25, 0.3) is 0 Å². The Morgan fingerprint density at radius 1 is 1.50 bits per heavy atom. The van der Waals surface area contributed by atoms with Crippen LogP contribution < -0.4 is 5.32 Å². The Hall–Kier alpha value is -0.930. The van der Waals surface area contributed by atoms with Gasteiger partial charge in [0.1, 0.15) is 11.6 Å². The van der Waals surface area contributed by atoms with Crippen LogP contribution in [0.15, 0.2) is 18.2 Å². The number of carbonyl (C=O) groups excluding carboxylic acids is 1. The molecule has 0 heterocycles. The lowest BCUT2D eigenvalue weighted by atomic mass is 10.1. The van der Waals surface area contributed by atoms with Gasteiger partial charge in [0.2, 0.25) is 0 Å². The van der Waals surface area contributed by atoms with Gasteiger partial charge in [0, 0.05) is 19.4 Å². The summed E-state index contributed by atoms with van der Waals surface area (Å²) < 4.78 is 13.1. The first-order valence-corrected chi connectivity index (χ1v) is 5.68. The van der Waals surface area contributed by atoms with Crippen molar-refractivity contribution in [2.45, 2.75) is 19.8 Å². The Bertz CT molecular complexity index is 368. The van der Waals surface area contributed by atoms with E-state index in [0.717, 1.165) is 6.54 Å². The second kappa shape index (κ2) is 6.61. The molecule has 0 saturated heterocycles. The number of halogens is 2. The lowest BCUT2D eigenvalue weighted by Crippen LogP contribution is -2.18. The van der Waals surface area contributed by atoms with Crippen LogP contribution in [0.2, 0.25) is 5.02 Å². The largest absolute Gasteiger partial charge is 0.317 e. The van der Waals surface area contributed by atoms with E-state index in [-0.39, 0.29) is 17.2 Å². The molecule has 88 valence electrons. The van der Waals surface area contributed by atoms with Crippen molar-refractivity contribution in [1.29, 1.82) is 0 Å². The van der Waals surface area contributed by atoms with Gasteiger partial charge >= 0.3 is 0 Å². The molecule has 0 fully saturated rings. The zero-order valence-electron chi connectivity index (χ0n) is 9.22. The van der Waals surface area contributed by atoms with Crippen LogP contribution >= 0.6 is 11.6 Å². The van der Waals surface area contributed by atoms with Crippen LogP contribution in [0.4, 0.5) is 4.39 Å². The van der Waals surface area contributed by atoms with Crippen LogP contribution in [0.25, 0.3) is 0 Å². The minimum Gasteiger partial charge on any atom is -0.317 e. The fraction of sp³-hybridized carbons (Fsp3) is 0.417. The molecule has 0 unspecified atom stereocenters. The molecule has 4 heteroatoms. The second-order valence-electron chi connectivity index (χ2n) is 3.53. The van der Waals surface area contributed by atoms with Crippen LogP contribution in [0.3, 0.4) is 0 Å². The summed E-state index contributed by atoms with van der Waals surface area (Å²) in [6, 6.07) is 4.53. The molecule has 0 amide bonds. The van der Waals surface area contributed by atoms with Crippen molar-refractivity contribution in [3.8, 4) is 0 Å². The van der Waals surface area contributed by atoms with E-state index in [0.29, 0.717) is 18.5 Å². The molecule has 0 spiro atoms. The zero-order valence-corrected chi connectivity index (χ0v) is 9.98. The van der Waals surface area contributed by atoms with Crippen molar-refractivity contribution < 1.29 is 9.18 Å². The Morgan fingerprint density at radius 3 is 2.94 bits per heavy atom. The highest BCUT2D eigenvalue weighted by molar-refractivity contribution is 6.31. The van der Waals surface area contributed by atoms with Crippen LogP contribution in [-0.2, 0) is 11.2 Å². The minimum absolute atomic E-state index is 0.0549. The van der Waals surface area contributed by atoms with E-state index in [4.69, 9.17) is 11.6 Å². The number of carbonyl (C=O) groups is 1. The Kier molecular flexibility index (Phi) is 5.43. The molecular weight excluding hydrogens is 229 g/mol. The fourth-order valence-electron chi connectivity index (χ4n) is 1.39. The molecule has 1 aromatic carbocycles. The topological polar surface area (TPSA) is 29.1 Å². The molecule has 0 aromatic heterocycles. The van der Waals surface area contributed by atoms with E-state index in [1.807, 2.05) is 6.92 Å². The SMILES string of the molecule is CCNCCC(=O)Cc1cccc(F)c1Cl. The van der Waals surface area contributed by atoms with E-state index in [1.165, 1.54) is 6.07 Å². The van der Waals surface area contributed by atoms with Gasteiger partial charge in [-0.2, -0.15) is 0 Å². The number of hydrogen-bond donors (Lipinski definition) is 1. The predicted molar refractivity (Wildman–Crippen MR) is 63.3 cm³/mol. The lowest BCUT2D eigenvalue weighted by Gasteiger charge is -2.04. The van der Waals surface area contributed by atoms with E-state index < -0.39 is 5.82 Å². The maximum atomic E-state index is 13.1. The van der Waals surface area contributed by atoms with Crippen molar-refractivity contribution in [3.05, 3.63) is 34.6 Å². The molecule has 1 aromatic rings. The average molecular weight is 244 g/mol. The van der Waals surface area contributed by atoms with E-state index in [2.05, 4.69) is 5.32 Å². The first-order chi connectivity index (χ1) is 7.65. The third-order valence-corrected chi connectivity index (χ3v) is 2.67. The molecule has 0 bridgehead atoms. The molecule has 2 nitrogen and oxygen atoms in total. The summed E-state index contributed by atoms with van der Waals surface area (Å²) >= 11 is 5.76. The van der Waals surface area contributed by atoms with Gasteiger partial charge in [-0.1, -0.05) is 30.7 Å². The van der Waals surface area contributed by atoms with Gasteiger partial charge in [-0.3, -0.25) is 4.79 Å². The van der Waals surface area contributed by atoms with E-state index in [1.54, 1.807) is 12.1 Å². The predicted octanol–water partition coefficient (Wildman–Crippen LogP) is 2.59. The smallest absolute Gasteiger partial charge is 0.142 e. The van der Waals surface area contributed by atoms with Crippen molar-refractivity contribution in [2.75, 3.05) is 13.1 Å². The average Bonchev–Trinajstić information content (AvgIpc) is 2.25. The number of hydrogen-bond acceptors (Lipinski definition) is 2. The number of Topliss-reactive ketones (excluding diaryl/α,β-unsaturated/α-hetero) is 1. The van der Waals surface area contributed by atoms with Crippen LogP contribution in [0.5, 0.6) is 0 Å². The van der Waals surface area contributed by atoms with Gasteiger partial charge < -0.3 is 5.32 Å². The Labute approximate surface area is 99.8 Å². The first kappa shape index (κ1) is 13.1. The molecular formula is C12H15ClFNO. The maximum Gasteiger partial charge on any atom is 0.142 e. The summed E-state index contributed by atoms with van der Waals surface area (Å²) in [4.78, 5) is 11.5. The van der Waals surface area contributed by atoms with E-state index in [9.17, 15) is 9.18 Å². The second-order valence-corrected chi connectivity index (χ2v) is 3.91. The van der Waals surface area contributed by atoms with E-state index >= 15 is 0 Å². The van der Waals surface area contributed by atoms with Crippen molar-refractivity contribution in [1.82, 2.24) is 5.32 Å². The van der Waals surface area contributed by atoms with Crippen LogP contribution in [0.1, 0.15) is 18.9 Å². The summed E-state index contributed by atoms with van der Waals surface area (Å²) in [5.74, 6) is -0.410. The van der Waals surface area contributed by atoms with Gasteiger partial charge in [-0.15, -0.1) is 0 Å². The zero-order chi connectivity index (χ0) is 12.0. The molecule has 0 saturated carbocycles. The third-order valence-electron chi connectivity index (χ3n) is 2.25. The maximum absolute atomic E-state index is 13.1. The molecule has 0 aliphatic heterocycles. The lowest BCUT2D eigenvalue weighted by molar-refractivity contribution is -0.118. The van der Waals surface area contributed by atoms with Gasteiger partial charge in [0.15, 0.2) is 0 Å². The molecule has 0 atom stereocenters. The summed E-state index contributed by atoms with van der Waals surface area (Å²) in [7, 11) is 0. The normalized spacial score (nSPS) is 10.4.